The van der Waals surface area contributed by atoms with Crippen molar-refractivity contribution in [2.24, 2.45) is 0 Å². The predicted octanol–water partition coefficient (Wildman–Crippen LogP) is 5.06. The number of unbranched alkanes of at least 4 members (excludes halogenated alkanes) is 9. The molecule has 0 saturated carbocycles. The second-order valence-electron chi connectivity index (χ2n) is 5.94. The second-order valence-corrected chi connectivity index (χ2v) is 5.94. The summed E-state index contributed by atoms with van der Waals surface area (Å²) in [6.45, 7) is 3.04. The van der Waals surface area contributed by atoms with Gasteiger partial charge in [-0.25, -0.2) is 0 Å². The zero-order valence-corrected chi connectivity index (χ0v) is 14.5. The smallest absolute Gasteiger partial charge is 0.225 e. The third-order valence-corrected chi connectivity index (χ3v) is 3.90. The number of anilines is 1. The van der Waals surface area contributed by atoms with Crippen LogP contribution in [0.25, 0.3) is 0 Å². The van der Waals surface area contributed by atoms with Gasteiger partial charge in [-0.05, 0) is 30.7 Å². The normalized spacial score (nSPS) is 10.3. The Morgan fingerprint density at radius 2 is 1.43 bits per heavy atom. The van der Waals surface area contributed by atoms with Crippen molar-refractivity contribution < 1.29 is 9.53 Å². The Balaban J connectivity index is 1.93. The van der Waals surface area contributed by atoms with Gasteiger partial charge in [0.05, 0.1) is 12.3 Å². The van der Waals surface area contributed by atoms with Crippen molar-refractivity contribution in [1.82, 2.24) is 5.43 Å². The van der Waals surface area contributed by atoms with E-state index in [-0.39, 0.29) is 0 Å². The number of nitrogens with one attached hydrogen (secondary N) is 2. The zero-order valence-electron chi connectivity index (χ0n) is 14.5. The van der Waals surface area contributed by atoms with Gasteiger partial charge < -0.3 is 4.74 Å². The minimum Gasteiger partial charge on any atom is -0.494 e. The van der Waals surface area contributed by atoms with Crippen LogP contribution in [0.2, 0.25) is 0 Å². The van der Waals surface area contributed by atoms with Crippen molar-refractivity contribution in [1.29, 1.82) is 0 Å². The summed E-state index contributed by atoms with van der Waals surface area (Å²) >= 11 is 0. The molecule has 1 aromatic rings. The quantitative estimate of drug-likeness (QED) is 0.270. The number of carbonyl (C=O) groups is 1. The van der Waals surface area contributed by atoms with Gasteiger partial charge in [0, 0.05) is 0 Å². The summed E-state index contributed by atoms with van der Waals surface area (Å²) in [4.78, 5) is 10.2. The van der Waals surface area contributed by atoms with Crippen molar-refractivity contribution >= 4 is 12.1 Å². The molecule has 0 aromatic heterocycles. The molecule has 1 rings (SSSR count). The van der Waals surface area contributed by atoms with E-state index in [4.69, 9.17) is 4.74 Å². The van der Waals surface area contributed by atoms with Gasteiger partial charge in [0.25, 0.3) is 0 Å². The Morgan fingerprint density at radius 1 is 0.870 bits per heavy atom. The molecule has 1 aromatic carbocycles. The van der Waals surface area contributed by atoms with Crippen molar-refractivity contribution in [3.63, 3.8) is 0 Å². The minimum absolute atomic E-state index is 0.607. The van der Waals surface area contributed by atoms with Crippen LogP contribution in [0.1, 0.15) is 71.1 Å². The number of rotatable bonds is 15. The lowest BCUT2D eigenvalue weighted by Gasteiger charge is -2.08. The van der Waals surface area contributed by atoms with Crippen molar-refractivity contribution in [2.75, 3.05) is 12.0 Å². The summed E-state index contributed by atoms with van der Waals surface area (Å²) in [6.07, 6.45) is 14.0. The van der Waals surface area contributed by atoms with E-state index in [0.717, 1.165) is 24.5 Å². The van der Waals surface area contributed by atoms with Crippen molar-refractivity contribution in [3.8, 4) is 5.75 Å². The van der Waals surface area contributed by atoms with Crippen LogP contribution in [-0.4, -0.2) is 13.0 Å². The molecule has 0 heterocycles. The molecule has 23 heavy (non-hydrogen) atoms. The zero-order chi connectivity index (χ0) is 16.6. The van der Waals surface area contributed by atoms with E-state index < -0.39 is 0 Å². The van der Waals surface area contributed by atoms with E-state index in [1.165, 1.54) is 57.8 Å². The molecular weight excluding hydrogens is 288 g/mol. The molecule has 4 heteroatoms. The highest BCUT2D eigenvalue weighted by Crippen LogP contribution is 2.16. The summed E-state index contributed by atoms with van der Waals surface area (Å²) in [5.74, 6) is 0.873. The van der Waals surface area contributed by atoms with Gasteiger partial charge in [-0.15, -0.1) is 0 Å². The van der Waals surface area contributed by atoms with Crippen LogP contribution in [-0.2, 0) is 4.79 Å². The lowest BCUT2D eigenvalue weighted by molar-refractivity contribution is -0.109. The molecule has 0 aliphatic carbocycles. The molecule has 0 aliphatic rings. The highest BCUT2D eigenvalue weighted by atomic mass is 16.5. The van der Waals surface area contributed by atoms with Crippen LogP contribution >= 0.6 is 0 Å². The number of hydrazine groups is 1. The summed E-state index contributed by atoms with van der Waals surface area (Å²) in [6, 6.07) is 7.57. The highest BCUT2D eigenvalue weighted by molar-refractivity contribution is 5.53. The van der Waals surface area contributed by atoms with E-state index in [1.54, 1.807) is 0 Å². The SMILES string of the molecule is CCCCCCCCCCCCOc1ccc(NNC=O)cc1. The highest BCUT2D eigenvalue weighted by Gasteiger charge is 1.96. The molecule has 0 radical (unpaired) electrons. The number of ether oxygens (including phenoxy) is 1. The van der Waals surface area contributed by atoms with Gasteiger partial charge in [0.1, 0.15) is 5.75 Å². The van der Waals surface area contributed by atoms with Crippen molar-refractivity contribution in [3.05, 3.63) is 24.3 Å². The van der Waals surface area contributed by atoms with E-state index in [0.29, 0.717) is 6.41 Å². The molecule has 2 N–H and O–H groups in total. The Kier molecular flexibility index (Phi) is 11.7. The Labute approximate surface area is 141 Å². The minimum atomic E-state index is 0.607. The molecule has 0 aliphatic heterocycles. The third kappa shape index (κ3) is 10.6. The van der Waals surface area contributed by atoms with Gasteiger partial charge >= 0.3 is 0 Å². The largest absolute Gasteiger partial charge is 0.494 e. The van der Waals surface area contributed by atoms with Crippen LogP contribution in [0, 0.1) is 0 Å². The first kappa shape index (κ1) is 19.3. The van der Waals surface area contributed by atoms with Gasteiger partial charge in [-0.2, -0.15) is 0 Å². The standard InChI is InChI=1S/C19H32N2O2/c1-2-3-4-5-6-7-8-9-10-11-16-23-19-14-12-18(13-15-19)21-20-17-22/h12-15,17,21H,2-11,16H2,1H3,(H,20,22). The maximum atomic E-state index is 10.2. The molecule has 0 unspecified atom stereocenters. The fourth-order valence-electron chi connectivity index (χ4n) is 2.53. The number of carbonyl (C=O) groups excluding carboxylic acids is 1. The van der Waals surface area contributed by atoms with Crippen LogP contribution < -0.4 is 15.6 Å². The van der Waals surface area contributed by atoms with Crippen LogP contribution in [0.4, 0.5) is 5.69 Å². The average molecular weight is 320 g/mol. The fourth-order valence-corrected chi connectivity index (χ4v) is 2.53. The molecule has 0 bridgehead atoms. The topological polar surface area (TPSA) is 50.4 Å². The lowest BCUT2D eigenvalue weighted by Crippen LogP contribution is -2.18. The second kappa shape index (κ2) is 13.9. The Bertz CT molecular complexity index is 393. The summed E-state index contributed by atoms with van der Waals surface area (Å²) in [5.41, 5.74) is 6.00. The Hall–Kier alpha value is -1.71. The Morgan fingerprint density at radius 3 is 2.00 bits per heavy atom. The third-order valence-electron chi connectivity index (χ3n) is 3.90. The number of hydrogen-bond acceptors (Lipinski definition) is 3. The van der Waals surface area contributed by atoms with Gasteiger partial charge in [0.2, 0.25) is 6.41 Å². The molecule has 1 amide bonds. The monoisotopic (exact) mass is 320 g/mol. The first-order valence-electron chi connectivity index (χ1n) is 9.05. The average Bonchev–Trinajstić information content (AvgIpc) is 2.59. The van der Waals surface area contributed by atoms with Gasteiger partial charge in [-0.1, -0.05) is 64.7 Å². The van der Waals surface area contributed by atoms with Crippen molar-refractivity contribution in [2.45, 2.75) is 71.1 Å². The molecule has 0 fully saturated rings. The molecule has 0 atom stereocenters. The van der Waals surface area contributed by atoms with Crippen LogP contribution in [0.15, 0.2) is 24.3 Å². The van der Waals surface area contributed by atoms with E-state index in [9.17, 15) is 4.79 Å². The van der Waals surface area contributed by atoms with E-state index >= 15 is 0 Å². The number of amides is 1. The van der Waals surface area contributed by atoms with Gasteiger partial charge in [0.15, 0.2) is 0 Å². The molecule has 0 spiro atoms. The predicted molar refractivity (Wildman–Crippen MR) is 96.6 cm³/mol. The fraction of sp³-hybridized carbons (Fsp3) is 0.632. The number of benzene rings is 1. The van der Waals surface area contributed by atoms with E-state index in [1.807, 2.05) is 24.3 Å². The van der Waals surface area contributed by atoms with Crippen LogP contribution in [0.5, 0.6) is 5.75 Å². The molecule has 4 nitrogen and oxygen atoms in total. The molecular formula is C19H32N2O2. The molecule has 0 saturated heterocycles. The number of hydrogen-bond donors (Lipinski definition) is 2. The summed E-state index contributed by atoms with van der Waals surface area (Å²) in [5, 5.41) is 0. The maximum Gasteiger partial charge on any atom is 0.225 e. The lowest BCUT2D eigenvalue weighted by atomic mass is 10.1. The van der Waals surface area contributed by atoms with Crippen LogP contribution in [0.3, 0.4) is 0 Å². The summed E-state index contributed by atoms with van der Waals surface area (Å²) < 4.78 is 5.72. The summed E-state index contributed by atoms with van der Waals surface area (Å²) in [7, 11) is 0. The molecule has 130 valence electrons. The first-order valence-corrected chi connectivity index (χ1v) is 9.05. The maximum absolute atomic E-state index is 10.2. The van der Waals surface area contributed by atoms with Gasteiger partial charge in [-0.3, -0.25) is 15.6 Å². The van der Waals surface area contributed by atoms with E-state index in [2.05, 4.69) is 17.8 Å². The first-order chi connectivity index (χ1) is 11.4.